The fourth-order valence-electron chi connectivity index (χ4n) is 3.44. The molecule has 2 rings (SSSR count). The quantitative estimate of drug-likeness (QED) is 0.417. The normalized spacial score (nSPS) is 25.0. The van der Waals surface area contributed by atoms with Crippen molar-refractivity contribution >= 4 is 23.7 Å². The van der Waals surface area contributed by atoms with Gasteiger partial charge in [-0.15, -0.1) is 0 Å². The first-order valence-corrected chi connectivity index (χ1v) is 8.78. The predicted molar refractivity (Wildman–Crippen MR) is 89.8 cm³/mol. The molecule has 2 aliphatic heterocycles. The van der Waals surface area contributed by atoms with Gasteiger partial charge in [-0.1, -0.05) is 0 Å². The molecular weight excluding hydrogens is 344 g/mol. The van der Waals surface area contributed by atoms with Crippen LogP contribution in [0.5, 0.6) is 0 Å². The zero-order chi connectivity index (χ0) is 19.4. The number of nitrogens with zero attached hydrogens (tertiary/aromatic N) is 2. The third-order valence-corrected chi connectivity index (χ3v) is 4.90. The second kappa shape index (κ2) is 8.45. The van der Waals surface area contributed by atoms with Crippen LogP contribution in [0.4, 0.5) is 0 Å². The molecule has 0 spiro atoms. The highest BCUT2D eigenvalue weighted by atomic mass is 16.4. The number of aliphatic hydroxyl groups is 1. The SMILES string of the molecule is CC(NC(=O)C1CCCN1C(=O)C1CCCN1C(=O)C(N)CO)C(=O)O. The van der Waals surface area contributed by atoms with Gasteiger partial charge >= 0.3 is 5.97 Å². The monoisotopic (exact) mass is 370 g/mol. The van der Waals surface area contributed by atoms with Crippen molar-refractivity contribution in [3.05, 3.63) is 0 Å². The highest BCUT2D eigenvalue weighted by Crippen LogP contribution is 2.25. The number of aliphatic hydroxyl groups excluding tert-OH is 1. The number of nitrogens with two attached hydrogens (primary N) is 1. The number of carbonyl (C=O) groups is 4. The van der Waals surface area contributed by atoms with Crippen LogP contribution in [-0.2, 0) is 19.2 Å². The van der Waals surface area contributed by atoms with Gasteiger partial charge in [-0.25, -0.2) is 0 Å². The Kier molecular flexibility index (Phi) is 6.54. The third-order valence-electron chi connectivity index (χ3n) is 4.90. The molecule has 2 saturated heterocycles. The van der Waals surface area contributed by atoms with Gasteiger partial charge in [0.15, 0.2) is 0 Å². The summed E-state index contributed by atoms with van der Waals surface area (Å²) in [7, 11) is 0. The standard InChI is InChI=1S/C16H26N4O6/c1-9(16(25)26)18-13(22)11-4-2-6-19(11)15(24)12-5-3-7-20(12)14(23)10(17)8-21/h9-12,21H,2-8,17H2,1H3,(H,18,22)(H,25,26). The van der Waals surface area contributed by atoms with E-state index < -0.39 is 48.6 Å². The van der Waals surface area contributed by atoms with Gasteiger partial charge in [-0.05, 0) is 32.6 Å². The molecule has 0 bridgehead atoms. The number of carbonyl (C=O) groups excluding carboxylic acids is 3. The number of nitrogens with one attached hydrogen (secondary N) is 1. The van der Waals surface area contributed by atoms with E-state index in [-0.39, 0.29) is 5.91 Å². The van der Waals surface area contributed by atoms with Crippen molar-refractivity contribution in [2.24, 2.45) is 5.73 Å². The fraction of sp³-hybridized carbons (Fsp3) is 0.750. The first kappa shape index (κ1) is 20.1. The molecule has 4 unspecified atom stereocenters. The average Bonchev–Trinajstić information content (AvgIpc) is 3.28. The Morgan fingerprint density at radius 2 is 1.69 bits per heavy atom. The summed E-state index contributed by atoms with van der Waals surface area (Å²) in [6, 6.07) is -3.57. The van der Waals surface area contributed by atoms with E-state index in [0.29, 0.717) is 38.8 Å². The van der Waals surface area contributed by atoms with Crippen molar-refractivity contribution in [3.8, 4) is 0 Å². The second-order valence-electron chi connectivity index (χ2n) is 6.74. The first-order valence-electron chi connectivity index (χ1n) is 8.78. The molecular formula is C16H26N4O6. The molecule has 0 aromatic rings. The Morgan fingerprint density at radius 1 is 1.12 bits per heavy atom. The van der Waals surface area contributed by atoms with Crippen LogP contribution in [0.25, 0.3) is 0 Å². The van der Waals surface area contributed by atoms with Crippen LogP contribution >= 0.6 is 0 Å². The molecule has 0 aromatic heterocycles. The first-order chi connectivity index (χ1) is 12.3. The molecule has 4 atom stereocenters. The number of likely N-dealkylation sites (tertiary alicyclic amines) is 2. The molecule has 0 aromatic carbocycles. The Morgan fingerprint density at radius 3 is 2.27 bits per heavy atom. The number of carboxylic acid groups (broad SMARTS) is 1. The Labute approximate surface area is 151 Å². The molecule has 0 aliphatic carbocycles. The smallest absolute Gasteiger partial charge is 0.325 e. The molecule has 10 heteroatoms. The predicted octanol–water partition coefficient (Wildman–Crippen LogP) is -2.12. The van der Waals surface area contributed by atoms with Crippen molar-refractivity contribution in [3.63, 3.8) is 0 Å². The van der Waals surface area contributed by atoms with Gasteiger partial charge in [-0.3, -0.25) is 19.2 Å². The number of aliphatic carboxylic acids is 1. The van der Waals surface area contributed by atoms with Gasteiger partial charge in [0, 0.05) is 13.1 Å². The summed E-state index contributed by atoms with van der Waals surface area (Å²) in [5.74, 6) is -2.47. The van der Waals surface area contributed by atoms with E-state index in [1.54, 1.807) is 0 Å². The van der Waals surface area contributed by atoms with Gasteiger partial charge in [0.2, 0.25) is 17.7 Å². The Balaban J connectivity index is 2.08. The number of hydrogen-bond acceptors (Lipinski definition) is 6. The molecule has 2 fully saturated rings. The number of amides is 3. The summed E-state index contributed by atoms with van der Waals surface area (Å²) in [4.78, 5) is 51.3. The van der Waals surface area contributed by atoms with Crippen molar-refractivity contribution in [2.45, 2.75) is 56.8 Å². The van der Waals surface area contributed by atoms with Gasteiger partial charge in [-0.2, -0.15) is 0 Å². The maximum atomic E-state index is 12.9. The zero-order valence-corrected chi connectivity index (χ0v) is 14.8. The highest BCUT2D eigenvalue weighted by molar-refractivity contribution is 5.94. The lowest BCUT2D eigenvalue weighted by Gasteiger charge is -2.32. The fourth-order valence-corrected chi connectivity index (χ4v) is 3.44. The van der Waals surface area contributed by atoms with Crippen LogP contribution in [0.2, 0.25) is 0 Å². The minimum Gasteiger partial charge on any atom is -0.480 e. The molecule has 146 valence electrons. The topological polar surface area (TPSA) is 153 Å². The van der Waals surface area contributed by atoms with Gasteiger partial charge < -0.3 is 31.1 Å². The lowest BCUT2D eigenvalue weighted by Crippen LogP contribution is -2.56. The van der Waals surface area contributed by atoms with Crippen LogP contribution in [-0.4, -0.2) is 87.6 Å². The molecule has 10 nitrogen and oxygen atoms in total. The molecule has 26 heavy (non-hydrogen) atoms. The molecule has 5 N–H and O–H groups in total. The maximum Gasteiger partial charge on any atom is 0.325 e. The summed E-state index contributed by atoms with van der Waals surface area (Å²) in [6.07, 6.45) is 2.18. The minimum atomic E-state index is -1.15. The Bertz CT molecular complexity index is 583. The lowest BCUT2D eigenvalue weighted by molar-refractivity contribution is -0.148. The van der Waals surface area contributed by atoms with Crippen molar-refractivity contribution < 1.29 is 29.4 Å². The van der Waals surface area contributed by atoms with E-state index in [2.05, 4.69) is 5.32 Å². The van der Waals surface area contributed by atoms with Crippen molar-refractivity contribution in [2.75, 3.05) is 19.7 Å². The van der Waals surface area contributed by atoms with E-state index in [1.807, 2.05) is 0 Å². The van der Waals surface area contributed by atoms with E-state index in [1.165, 1.54) is 16.7 Å². The molecule has 0 saturated carbocycles. The lowest BCUT2D eigenvalue weighted by atomic mass is 10.1. The number of rotatable bonds is 6. The minimum absolute atomic E-state index is 0.332. The Hall–Kier alpha value is -2.20. The summed E-state index contributed by atoms with van der Waals surface area (Å²) < 4.78 is 0. The molecule has 0 radical (unpaired) electrons. The van der Waals surface area contributed by atoms with Gasteiger partial charge in [0.05, 0.1) is 6.61 Å². The van der Waals surface area contributed by atoms with Gasteiger partial charge in [0.1, 0.15) is 24.2 Å². The van der Waals surface area contributed by atoms with E-state index >= 15 is 0 Å². The van der Waals surface area contributed by atoms with E-state index in [9.17, 15) is 19.2 Å². The largest absolute Gasteiger partial charge is 0.480 e. The van der Waals surface area contributed by atoms with Crippen molar-refractivity contribution in [1.82, 2.24) is 15.1 Å². The summed E-state index contributed by atoms with van der Waals surface area (Å²) in [5.41, 5.74) is 5.58. The number of carboxylic acids is 1. The summed E-state index contributed by atoms with van der Waals surface area (Å²) in [5, 5.41) is 20.4. The highest BCUT2D eigenvalue weighted by Gasteiger charge is 2.43. The summed E-state index contributed by atoms with van der Waals surface area (Å²) >= 11 is 0. The van der Waals surface area contributed by atoms with E-state index in [0.717, 1.165) is 0 Å². The van der Waals surface area contributed by atoms with Crippen LogP contribution in [0.1, 0.15) is 32.6 Å². The van der Waals surface area contributed by atoms with Crippen LogP contribution in [0, 0.1) is 0 Å². The van der Waals surface area contributed by atoms with Crippen LogP contribution in [0.3, 0.4) is 0 Å². The zero-order valence-electron chi connectivity index (χ0n) is 14.8. The molecule has 2 aliphatic rings. The third kappa shape index (κ3) is 4.13. The number of hydrogen-bond donors (Lipinski definition) is 4. The maximum absolute atomic E-state index is 12.9. The van der Waals surface area contributed by atoms with Crippen LogP contribution < -0.4 is 11.1 Å². The van der Waals surface area contributed by atoms with Crippen molar-refractivity contribution in [1.29, 1.82) is 0 Å². The van der Waals surface area contributed by atoms with Crippen LogP contribution in [0.15, 0.2) is 0 Å². The second-order valence-corrected chi connectivity index (χ2v) is 6.74. The molecule has 2 heterocycles. The van der Waals surface area contributed by atoms with E-state index in [4.69, 9.17) is 15.9 Å². The summed E-state index contributed by atoms with van der Waals surface area (Å²) in [6.45, 7) is 1.61. The molecule has 3 amide bonds. The van der Waals surface area contributed by atoms with Gasteiger partial charge in [0.25, 0.3) is 0 Å². The average molecular weight is 370 g/mol.